The Balaban J connectivity index is 1.70. The molecule has 1 atom stereocenters. The minimum atomic E-state index is -0.0468. The number of morpholine rings is 1. The summed E-state index contributed by atoms with van der Waals surface area (Å²) in [6.07, 6.45) is 2.02. The second-order valence-electron chi connectivity index (χ2n) is 6.38. The molecule has 144 valence electrons. The van der Waals surface area contributed by atoms with Crippen LogP contribution in [-0.2, 0) is 4.74 Å². The van der Waals surface area contributed by atoms with E-state index in [1.54, 1.807) is 18.9 Å². The van der Waals surface area contributed by atoms with E-state index in [0.29, 0.717) is 12.1 Å². The minimum absolute atomic E-state index is 0.0468. The average molecular weight is 387 g/mol. The Bertz CT molecular complexity index is 728. The van der Waals surface area contributed by atoms with Gasteiger partial charge in [0, 0.05) is 30.1 Å². The first-order valence-electron chi connectivity index (χ1n) is 9.09. The van der Waals surface area contributed by atoms with Crippen molar-refractivity contribution >= 4 is 17.7 Å². The monoisotopic (exact) mass is 386 g/mol. The van der Waals surface area contributed by atoms with Crippen LogP contribution in [0.2, 0.25) is 0 Å². The predicted octanol–water partition coefficient (Wildman–Crippen LogP) is 3.22. The highest BCUT2D eigenvalue weighted by Gasteiger charge is 2.23. The fourth-order valence-electron chi connectivity index (χ4n) is 3.21. The van der Waals surface area contributed by atoms with E-state index in [4.69, 9.17) is 9.47 Å². The highest BCUT2D eigenvalue weighted by atomic mass is 32.2. The average Bonchev–Trinajstić information content (AvgIpc) is 2.75. The van der Waals surface area contributed by atoms with Gasteiger partial charge in [0.1, 0.15) is 5.75 Å². The number of methoxy groups -OCH3 is 1. The lowest BCUT2D eigenvalue weighted by molar-refractivity contribution is 0.0162. The highest BCUT2D eigenvalue weighted by molar-refractivity contribution is 7.98. The fourth-order valence-corrected chi connectivity index (χ4v) is 3.62. The van der Waals surface area contributed by atoms with Crippen LogP contribution in [0.3, 0.4) is 0 Å². The van der Waals surface area contributed by atoms with E-state index < -0.39 is 0 Å². The molecule has 27 heavy (non-hydrogen) atoms. The highest BCUT2D eigenvalue weighted by Crippen LogP contribution is 2.24. The molecule has 5 nitrogen and oxygen atoms in total. The lowest BCUT2D eigenvalue weighted by Gasteiger charge is -2.35. The molecule has 1 fully saturated rings. The third kappa shape index (κ3) is 5.25. The topological polar surface area (TPSA) is 50.8 Å². The zero-order valence-electron chi connectivity index (χ0n) is 15.8. The first kappa shape index (κ1) is 19.7. The van der Waals surface area contributed by atoms with Crippen LogP contribution >= 0.6 is 11.8 Å². The molecule has 0 radical (unpaired) electrons. The maximum Gasteiger partial charge on any atom is 0.251 e. The summed E-state index contributed by atoms with van der Waals surface area (Å²) < 4.78 is 10.8. The molecule has 1 N–H and O–H groups in total. The number of rotatable bonds is 7. The molecule has 2 aromatic rings. The Hall–Kier alpha value is -2.02. The van der Waals surface area contributed by atoms with Crippen molar-refractivity contribution in [3.8, 4) is 5.75 Å². The number of ether oxygens (including phenoxy) is 2. The summed E-state index contributed by atoms with van der Waals surface area (Å²) in [5.74, 6) is 0.784. The molecular weight excluding hydrogens is 360 g/mol. The van der Waals surface area contributed by atoms with Gasteiger partial charge < -0.3 is 14.8 Å². The summed E-state index contributed by atoms with van der Waals surface area (Å²) in [4.78, 5) is 16.1. The summed E-state index contributed by atoms with van der Waals surface area (Å²) in [5, 5.41) is 3.10. The van der Waals surface area contributed by atoms with E-state index >= 15 is 0 Å². The molecule has 6 heteroatoms. The van der Waals surface area contributed by atoms with Crippen LogP contribution in [0.1, 0.15) is 22.0 Å². The predicted molar refractivity (Wildman–Crippen MR) is 109 cm³/mol. The molecule has 0 aliphatic carbocycles. The number of amides is 1. The van der Waals surface area contributed by atoms with Crippen molar-refractivity contribution in [1.29, 1.82) is 0 Å². The van der Waals surface area contributed by atoms with Gasteiger partial charge in [-0.25, -0.2) is 0 Å². The van der Waals surface area contributed by atoms with Crippen LogP contribution < -0.4 is 10.1 Å². The van der Waals surface area contributed by atoms with Gasteiger partial charge in [-0.1, -0.05) is 12.1 Å². The summed E-state index contributed by atoms with van der Waals surface area (Å²) in [6.45, 7) is 3.70. The van der Waals surface area contributed by atoms with Gasteiger partial charge in [0.15, 0.2) is 0 Å². The molecule has 0 bridgehead atoms. The lowest BCUT2D eigenvalue weighted by Crippen LogP contribution is -2.43. The number of nitrogens with one attached hydrogen (secondary N) is 1. The van der Waals surface area contributed by atoms with Gasteiger partial charge in [0.05, 0.1) is 26.4 Å². The van der Waals surface area contributed by atoms with Crippen molar-refractivity contribution < 1.29 is 14.3 Å². The van der Waals surface area contributed by atoms with E-state index in [9.17, 15) is 4.79 Å². The van der Waals surface area contributed by atoms with Crippen molar-refractivity contribution in [2.75, 3.05) is 46.2 Å². The van der Waals surface area contributed by atoms with E-state index in [0.717, 1.165) is 42.5 Å². The zero-order chi connectivity index (χ0) is 19.1. The van der Waals surface area contributed by atoms with Gasteiger partial charge in [-0.2, -0.15) is 0 Å². The molecule has 1 saturated heterocycles. The van der Waals surface area contributed by atoms with Gasteiger partial charge in [-0.05, 0) is 48.2 Å². The Morgan fingerprint density at radius 1 is 1.15 bits per heavy atom. The van der Waals surface area contributed by atoms with E-state index in [2.05, 4.69) is 22.3 Å². The zero-order valence-corrected chi connectivity index (χ0v) is 16.6. The van der Waals surface area contributed by atoms with E-state index in [-0.39, 0.29) is 11.9 Å². The van der Waals surface area contributed by atoms with Crippen LogP contribution in [0.25, 0.3) is 0 Å². The molecule has 1 amide bonds. The van der Waals surface area contributed by atoms with Gasteiger partial charge in [0.2, 0.25) is 0 Å². The third-order valence-electron chi connectivity index (χ3n) is 4.80. The van der Waals surface area contributed by atoms with Crippen molar-refractivity contribution in [2.45, 2.75) is 10.9 Å². The van der Waals surface area contributed by atoms with Crippen LogP contribution in [0.4, 0.5) is 0 Å². The third-order valence-corrected chi connectivity index (χ3v) is 5.54. The Morgan fingerprint density at radius 3 is 2.41 bits per heavy atom. The number of carbonyl (C=O) groups is 1. The van der Waals surface area contributed by atoms with E-state index in [1.165, 1.54) is 0 Å². The van der Waals surface area contributed by atoms with Crippen molar-refractivity contribution in [3.05, 3.63) is 59.7 Å². The Kier molecular flexibility index (Phi) is 7.15. The fraction of sp³-hybridized carbons (Fsp3) is 0.381. The molecule has 0 aromatic heterocycles. The summed E-state index contributed by atoms with van der Waals surface area (Å²) in [5.41, 5.74) is 1.85. The van der Waals surface area contributed by atoms with Crippen LogP contribution in [-0.4, -0.2) is 57.0 Å². The quantitative estimate of drug-likeness (QED) is 0.741. The summed E-state index contributed by atoms with van der Waals surface area (Å²) in [6, 6.07) is 15.9. The first-order chi connectivity index (χ1) is 13.2. The maximum absolute atomic E-state index is 12.6. The number of thioether (sulfide) groups is 1. The number of hydrogen-bond acceptors (Lipinski definition) is 5. The van der Waals surface area contributed by atoms with Gasteiger partial charge >= 0.3 is 0 Å². The smallest absolute Gasteiger partial charge is 0.251 e. The second-order valence-corrected chi connectivity index (χ2v) is 7.26. The largest absolute Gasteiger partial charge is 0.497 e. The Labute approximate surface area is 165 Å². The standard InChI is InChI=1S/C21H26N2O3S/c1-25-18-7-3-16(4-8-18)20(23-11-13-26-14-12-23)15-22-21(24)17-5-9-19(27-2)10-6-17/h3-10,20H,11-15H2,1-2H3,(H,22,24). The molecule has 1 heterocycles. The molecule has 3 rings (SSSR count). The molecule has 1 aliphatic rings. The van der Waals surface area contributed by atoms with Crippen LogP contribution in [0, 0.1) is 0 Å². The molecule has 1 aliphatic heterocycles. The molecule has 0 spiro atoms. The second kappa shape index (κ2) is 9.78. The van der Waals surface area contributed by atoms with Crippen molar-refractivity contribution in [2.24, 2.45) is 0 Å². The lowest BCUT2D eigenvalue weighted by atomic mass is 10.0. The number of carbonyl (C=O) groups excluding carboxylic acids is 1. The van der Waals surface area contributed by atoms with Crippen LogP contribution in [0.5, 0.6) is 5.75 Å². The summed E-state index contributed by atoms with van der Waals surface area (Å²) in [7, 11) is 1.66. The SMILES string of the molecule is COc1ccc(C(CNC(=O)c2ccc(SC)cc2)N2CCOCC2)cc1. The first-order valence-corrected chi connectivity index (χ1v) is 10.3. The number of benzene rings is 2. The maximum atomic E-state index is 12.6. The Morgan fingerprint density at radius 2 is 1.81 bits per heavy atom. The normalized spacial score (nSPS) is 15.9. The minimum Gasteiger partial charge on any atom is -0.497 e. The van der Waals surface area contributed by atoms with Crippen molar-refractivity contribution in [3.63, 3.8) is 0 Å². The molecular formula is C21H26N2O3S. The number of hydrogen-bond donors (Lipinski definition) is 1. The molecule has 0 saturated carbocycles. The van der Waals surface area contributed by atoms with Crippen molar-refractivity contribution in [1.82, 2.24) is 10.2 Å². The number of nitrogens with zero attached hydrogens (tertiary/aromatic N) is 1. The molecule has 1 unspecified atom stereocenters. The van der Waals surface area contributed by atoms with Gasteiger partial charge in [0.25, 0.3) is 5.91 Å². The van der Waals surface area contributed by atoms with E-state index in [1.807, 2.05) is 42.7 Å². The van der Waals surface area contributed by atoms with Crippen LogP contribution in [0.15, 0.2) is 53.4 Å². The summed E-state index contributed by atoms with van der Waals surface area (Å²) >= 11 is 1.67. The molecule has 2 aromatic carbocycles. The van der Waals surface area contributed by atoms with Gasteiger partial charge in [-0.3, -0.25) is 9.69 Å². The van der Waals surface area contributed by atoms with Gasteiger partial charge in [-0.15, -0.1) is 11.8 Å².